The molecule has 0 saturated heterocycles. The van der Waals surface area contributed by atoms with Gasteiger partial charge in [0.05, 0.1) is 0 Å². The minimum Gasteiger partial charge on any atom is -0.454 e. The third-order valence-corrected chi connectivity index (χ3v) is 3.37. The molecule has 0 aromatic heterocycles. The summed E-state index contributed by atoms with van der Waals surface area (Å²) in [6, 6.07) is 9.22. The number of ether oxygens (including phenoxy) is 1. The van der Waals surface area contributed by atoms with E-state index in [0.29, 0.717) is 22.3 Å². The van der Waals surface area contributed by atoms with Crippen molar-refractivity contribution >= 4 is 15.9 Å². The van der Waals surface area contributed by atoms with Crippen molar-refractivity contribution in [1.29, 1.82) is 0 Å². The lowest BCUT2D eigenvalue weighted by atomic mass is 10.1. The Labute approximate surface area is 131 Å². The maximum Gasteiger partial charge on any atom is 0.166 e. The van der Waals surface area contributed by atoms with Gasteiger partial charge in [-0.1, -0.05) is 35.8 Å². The Hall–Kier alpha value is -1.46. The molecule has 0 unspecified atom stereocenters. The summed E-state index contributed by atoms with van der Waals surface area (Å²) in [6.07, 6.45) is 0. The summed E-state index contributed by atoms with van der Waals surface area (Å²) in [5.41, 5.74) is 0.383. The number of halogens is 3. The van der Waals surface area contributed by atoms with E-state index in [-0.39, 0.29) is 17.6 Å². The highest BCUT2D eigenvalue weighted by Gasteiger charge is 2.13. The first-order valence-corrected chi connectivity index (χ1v) is 7.40. The van der Waals surface area contributed by atoms with E-state index in [4.69, 9.17) is 4.74 Å². The Morgan fingerprint density at radius 1 is 1.10 bits per heavy atom. The summed E-state index contributed by atoms with van der Waals surface area (Å²) >= 11 is 3.18. The molecule has 0 spiro atoms. The molecule has 0 aliphatic heterocycles. The first-order valence-electron chi connectivity index (χ1n) is 6.61. The van der Waals surface area contributed by atoms with Gasteiger partial charge in [-0.25, -0.2) is 8.78 Å². The molecule has 0 aliphatic carbocycles. The highest BCUT2D eigenvalue weighted by atomic mass is 79.9. The van der Waals surface area contributed by atoms with E-state index >= 15 is 0 Å². The zero-order valence-corrected chi connectivity index (χ0v) is 13.4. The molecule has 2 aromatic carbocycles. The van der Waals surface area contributed by atoms with Gasteiger partial charge in [-0.3, -0.25) is 0 Å². The lowest BCUT2D eigenvalue weighted by Gasteiger charge is -2.14. The molecule has 0 heterocycles. The molecular formula is C16H16BrF2NO. The fourth-order valence-electron chi connectivity index (χ4n) is 1.79. The van der Waals surface area contributed by atoms with Crippen LogP contribution < -0.4 is 10.1 Å². The molecule has 2 nitrogen and oxygen atoms in total. The molecule has 112 valence electrons. The summed E-state index contributed by atoms with van der Waals surface area (Å²) < 4.78 is 33.9. The lowest BCUT2D eigenvalue weighted by Crippen LogP contribution is -2.22. The molecule has 2 rings (SSSR count). The van der Waals surface area contributed by atoms with Crippen molar-refractivity contribution in [2.75, 3.05) is 0 Å². The van der Waals surface area contributed by atoms with Gasteiger partial charge in [0.25, 0.3) is 0 Å². The number of rotatable bonds is 5. The van der Waals surface area contributed by atoms with Crippen molar-refractivity contribution in [3.8, 4) is 11.5 Å². The van der Waals surface area contributed by atoms with Crippen LogP contribution in [0.15, 0.2) is 40.9 Å². The maximum absolute atomic E-state index is 13.9. The molecule has 0 saturated carbocycles. The smallest absolute Gasteiger partial charge is 0.166 e. The van der Waals surface area contributed by atoms with Gasteiger partial charge in [0, 0.05) is 22.6 Å². The average Bonchev–Trinajstić information content (AvgIpc) is 2.41. The second-order valence-corrected chi connectivity index (χ2v) is 5.84. The zero-order valence-electron chi connectivity index (χ0n) is 11.8. The standard InChI is InChI=1S/C16H16BrF2NO/c1-10(2)20-9-12-13(18)4-3-5-15(12)21-16-7-6-11(17)8-14(16)19/h3-8,10,20H,9H2,1-2H3. The quantitative estimate of drug-likeness (QED) is 0.813. The molecule has 0 amide bonds. The average molecular weight is 356 g/mol. The Morgan fingerprint density at radius 2 is 1.86 bits per heavy atom. The van der Waals surface area contributed by atoms with Crippen LogP contribution in [0.1, 0.15) is 19.4 Å². The molecule has 21 heavy (non-hydrogen) atoms. The van der Waals surface area contributed by atoms with Crippen LogP contribution in [0.3, 0.4) is 0 Å². The van der Waals surface area contributed by atoms with Crippen LogP contribution in [0, 0.1) is 11.6 Å². The number of hydrogen-bond donors (Lipinski definition) is 1. The Balaban J connectivity index is 2.28. The largest absolute Gasteiger partial charge is 0.454 e. The first kappa shape index (κ1) is 15.9. The maximum atomic E-state index is 13.9. The third kappa shape index (κ3) is 4.25. The first-order chi connectivity index (χ1) is 9.97. The van der Waals surface area contributed by atoms with E-state index in [0.717, 1.165) is 0 Å². The van der Waals surface area contributed by atoms with Gasteiger partial charge in [-0.2, -0.15) is 0 Å². The van der Waals surface area contributed by atoms with E-state index in [1.165, 1.54) is 18.2 Å². The summed E-state index contributed by atoms with van der Waals surface area (Å²) in [4.78, 5) is 0. The fourth-order valence-corrected chi connectivity index (χ4v) is 2.12. The Kier molecular flexibility index (Phi) is 5.31. The predicted molar refractivity (Wildman–Crippen MR) is 82.5 cm³/mol. The Bertz CT molecular complexity index is 632. The zero-order chi connectivity index (χ0) is 15.4. The van der Waals surface area contributed by atoms with Crippen molar-refractivity contribution in [2.24, 2.45) is 0 Å². The van der Waals surface area contributed by atoms with Gasteiger partial charge in [-0.15, -0.1) is 0 Å². The molecule has 0 aliphatic rings. The highest BCUT2D eigenvalue weighted by molar-refractivity contribution is 9.10. The molecule has 0 bridgehead atoms. The van der Waals surface area contributed by atoms with Crippen molar-refractivity contribution in [2.45, 2.75) is 26.4 Å². The van der Waals surface area contributed by atoms with E-state index in [2.05, 4.69) is 21.2 Å². The fraction of sp³-hybridized carbons (Fsp3) is 0.250. The van der Waals surface area contributed by atoms with Crippen LogP contribution >= 0.6 is 15.9 Å². The molecule has 0 radical (unpaired) electrons. The minimum absolute atomic E-state index is 0.0644. The van der Waals surface area contributed by atoms with Crippen molar-refractivity contribution < 1.29 is 13.5 Å². The molecule has 5 heteroatoms. The van der Waals surface area contributed by atoms with E-state index < -0.39 is 5.82 Å². The van der Waals surface area contributed by atoms with Gasteiger partial charge in [0.1, 0.15) is 11.6 Å². The van der Waals surface area contributed by atoms with Crippen LogP contribution in [0.25, 0.3) is 0 Å². The predicted octanol–water partition coefficient (Wildman–Crippen LogP) is 5.02. The lowest BCUT2D eigenvalue weighted by molar-refractivity contribution is 0.427. The summed E-state index contributed by atoms with van der Waals surface area (Å²) in [5.74, 6) is -0.506. The van der Waals surface area contributed by atoms with Crippen LogP contribution in [0.4, 0.5) is 8.78 Å². The summed E-state index contributed by atoms with van der Waals surface area (Å²) in [5, 5.41) is 3.13. The van der Waals surface area contributed by atoms with Gasteiger partial charge >= 0.3 is 0 Å². The number of hydrogen-bond acceptors (Lipinski definition) is 2. The van der Waals surface area contributed by atoms with Gasteiger partial charge in [0.2, 0.25) is 0 Å². The number of benzene rings is 2. The Morgan fingerprint density at radius 3 is 2.52 bits per heavy atom. The van der Waals surface area contributed by atoms with Crippen LogP contribution in [-0.4, -0.2) is 6.04 Å². The number of nitrogens with one attached hydrogen (secondary N) is 1. The topological polar surface area (TPSA) is 21.3 Å². The molecule has 2 aromatic rings. The molecule has 1 N–H and O–H groups in total. The second-order valence-electron chi connectivity index (χ2n) is 4.93. The van der Waals surface area contributed by atoms with Crippen molar-refractivity contribution in [3.63, 3.8) is 0 Å². The van der Waals surface area contributed by atoms with Gasteiger partial charge in [0.15, 0.2) is 11.6 Å². The SMILES string of the molecule is CC(C)NCc1c(F)cccc1Oc1ccc(Br)cc1F. The van der Waals surface area contributed by atoms with Crippen molar-refractivity contribution in [1.82, 2.24) is 5.32 Å². The van der Waals surface area contributed by atoms with E-state index in [1.54, 1.807) is 18.2 Å². The van der Waals surface area contributed by atoms with Crippen LogP contribution in [-0.2, 0) is 6.54 Å². The van der Waals surface area contributed by atoms with Crippen molar-refractivity contribution in [3.05, 3.63) is 58.1 Å². The minimum atomic E-state index is -0.503. The molecule has 0 atom stereocenters. The van der Waals surface area contributed by atoms with Gasteiger partial charge < -0.3 is 10.1 Å². The van der Waals surface area contributed by atoms with E-state index in [9.17, 15) is 8.78 Å². The monoisotopic (exact) mass is 355 g/mol. The van der Waals surface area contributed by atoms with Crippen LogP contribution in [0.2, 0.25) is 0 Å². The third-order valence-electron chi connectivity index (χ3n) is 2.88. The summed E-state index contributed by atoms with van der Waals surface area (Å²) in [7, 11) is 0. The molecule has 0 fully saturated rings. The second kappa shape index (κ2) is 7.00. The van der Waals surface area contributed by atoms with Gasteiger partial charge in [-0.05, 0) is 30.3 Å². The normalized spacial score (nSPS) is 11.0. The van der Waals surface area contributed by atoms with E-state index in [1.807, 2.05) is 13.8 Å². The molecular weight excluding hydrogens is 340 g/mol. The van der Waals surface area contributed by atoms with Crippen LogP contribution in [0.5, 0.6) is 11.5 Å². The highest BCUT2D eigenvalue weighted by Crippen LogP contribution is 2.30. The summed E-state index contributed by atoms with van der Waals surface area (Å²) in [6.45, 7) is 4.25.